The number of rotatable bonds is 3. The van der Waals surface area contributed by atoms with E-state index in [0.717, 1.165) is 37.4 Å². The number of hydrogen-bond acceptors (Lipinski definition) is 5. The average molecular weight is 311 g/mol. The fourth-order valence-corrected chi connectivity index (χ4v) is 2.53. The van der Waals surface area contributed by atoms with Crippen LogP contribution in [0.15, 0.2) is 36.7 Å². The quantitative estimate of drug-likeness (QED) is 0.938. The number of amides is 1. The van der Waals surface area contributed by atoms with Gasteiger partial charge in [-0.3, -0.25) is 4.79 Å². The molecule has 23 heavy (non-hydrogen) atoms. The highest BCUT2D eigenvalue weighted by Gasteiger charge is 2.20. The summed E-state index contributed by atoms with van der Waals surface area (Å²) in [6.07, 6.45) is 3.18. The van der Waals surface area contributed by atoms with Gasteiger partial charge >= 0.3 is 0 Å². The van der Waals surface area contributed by atoms with Gasteiger partial charge in [0.25, 0.3) is 5.91 Å². The number of carbonyl (C=O) groups is 1. The van der Waals surface area contributed by atoms with Gasteiger partial charge in [0.15, 0.2) is 0 Å². The Bertz CT molecular complexity index is 678. The Balaban J connectivity index is 1.67. The molecule has 1 amide bonds. The number of likely N-dealkylation sites (N-methyl/N-ethyl adjacent to an activating group) is 1. The van der Waals surface area contributed by atoms with Gasteiger partial charge in [-0.25, -0.2) is 9.97 Å². The van der Waals surface area contributed by atoms with Crippen molar-refractivity contribution in [3.8, 4) is 0 Å². The molecule has 6 nitrogen and oxygen atoms in total. The van der Waals surface area contributed by atoms with Crippen LogP contribution in [0.5, 0.6) is 0 Å². The van der Waals surface area contributed by atoms with Crippen LogP contribution >= 0.6 is 0 Å². The highest BCUT2D eigenvalue weighted by molar-refractivity contribution is 5.93. The zero-order valence-corrected chi connectivity index (χ0v) is 13.5. The maximum atomic E-state index is 12.4. The molecule has 0 atom stereocenters. The lowest BCUT2D eigenvalue weighted by Crippen LogP contribution is -2.47. The minimum Gasteiger partial charge on any atom is -0.336 e. The lowest BCUT2D eigenvalue weighted by atomic mass is 10.2. The highest BCUT2D eigenvalue weighted by Crippen LogP contribution is 2.17. The zero-order valence-electron chi connectivity index (χ0n) is 13.5. The van der Waals surface area contributed by atoms with Crippen molar-refractivity contribution in [2.24, 2.45) is 0 Å². The Morgan fingerprint density at radius 1 is 1.09 bits per heavy atom. The topological polar surface area (TPSA) is 61.4 Å². The van der Waals surface area contributed by atoms with E-state index in [0.29, 0.717) is 11.5 Å². The smallest absolute Gasteiger partial charge is 0.257 e. The first kappa shape index (κ1) is 15.4. The summed E-state index contributed by atoms with van der Waals surface area (Å²) in [6.45, 7) is 5.32. The van der Waals surface area contributed by atoms with Crippen LogP contribution in [0.25, 0.3) is 0 Å². The van der Waals surface area contributed by atoms with Crippen molar-refractivity contribution in [2.45, 2.75) is 6.92 Å². The summed E-state index contributed by atoms with van der Waals surface area (Å²) in [5.41, 5.74) is 2.62. The zero-order chi connectivity index (χ0) is 16.2. The maximum absolute atomic E-state index is 12.4. The van der Waals surface area contributed by atoms with Gasteiger partial charge in [0, 0.05) is 44.3 Å². The van der Waals surface area contributed by atoms with Crippen LogP contribution < -0.4 is 5.32 Å². The lowest BCUT2D eigenvalue weighted by molar-refractivity contribution is 0.0663. The summed E-state index contributed by atoms with van der Waals surface area (Å²) in [4.78, 5) is 25.0. The number of aromatic nitrogens is 2. The van der Waals surface area contributed by atoms with E-state index >= 15 is 0 Å². The Morgan fingerprint density at radius 2 is 1.74 bits per heavy atom. The van der Waals surface area contributed by atoms with E-state index in [9.17, 15) is 4.79 Å². The molecule has 0 bridgehead atoms. The molecule has 1 aliphatic rings. The van der Waals surface area contributed by atoms with Crippen LogP contribution in [0, 0.1) is 6.92 Å². The third-order valence-corrected chi connectivity index (χ3v) is 4.08. The predicted octanol–water partition coefficient (Wildman–Crippen LogP) is 1.92. The molecule has 0 radical (unpaired) electrons. The molecule has 2 heterocycles. The fraction of sp³-hybridized carbons (Fsp3) is 0.353. The summed E-state index contributed by atoms with van der Waals surface area (Å²) in [5.74, 6) is 0.495. The molecule has 0 unspecified atom stereocenters. The van der Waals surface area contributed by atoms with Gasteiger partial charge in [0.1, 0.15) is 0 Å². The summed E-state index contributed by atoms with van der Waals surface area (Å²) < 4.78 is 0. The summed E-state index contributed by atoms with van der Waals surface area (Å²) in [6, 6.07) is 7.94. The molecule has 120 valence electrons. The monoisotopic (exact) mass is 311 g/mol. The molecule has 2 aromatic rings. The summed E-state index contributed by atoms with van der Waals surface area (Å²) in [7, 11) is 2.07. The summed E-state index contributed by atoms with van der Waals surface area (Å²) in [5, 5.41) is 3.17. The van der Waals surface area contributed by atoms with Crippen LogP contribution in [0.1, 0.15) is 15.9 Å². The van der Waals surface area contributed by atoms with Crippen molar-refractivity contribution < 1.29 is 4.79 Å². The number of aryl methyl sites for hydroxylation is 1. The van der Waals surface area contributed by atoms with E-state index < -0.39 is 0 Å². The molecule has 6 heteroatoms. The molecule has 1 saturated heterocycles. The van der Waals surface area contributed by atoms with Gasteiger partial charge in [-0.15, -0.1) is 0 Å². The number of anilines is 2. The van der Waals surface area contributed by atoms with E-state index in [1.807, 2.05) is 36.1 Å². The number of nitrogens with zero attached hydrogens (tertiary/aromatic N) is 4. The Morgan fingerprint density at radius 3 is 2.39 bits per heavy atom. The second kappa shape index (κ2) is 6.75. The van der Waals surface area contributed by atoms with Crippen LogP contribution in [0.4, 0.5) is 11.6 Å². The average Bonchev–Trinajstić information content (AvgIpc) is 2.58. The second-order valence-electron chi connectivity index (χ2n) is 5.83. The van der Waals surface area contributed by atoms with Crippen molar-refractivity contribution in [2.75, 3.05) is 38.5 Å². The summed E-state index contributed by atoms with van der Waals surface area (Å²) >= 11 is 0. The molecule has 1 aromatic carbocycles. The minimum absolute atomic E-state index is 0.000502. The first-order valence-electron chi connectivity index (χ1n) is 7.76. The van der Waals surface area contributed by atoms with Gasteiger partial charge in [-0.05, 0) is 25.6 Å². The van der Waals surface area contributed by atoms with Gasteiger partial charge in [0.05, 0.1) is 5.56 Å². The lowest BCUT2D eigenvalue weighted by Gasteiger charge is -2.32. The molecule has 1 N–H and O–H groups in total. The Hall–Kier alpha value is -2.47. The van der Waals surface area contributed by atoms with E-state index in [4.69, 9.17) is 0 Å². The number of benzene rings is 1. The number of piperazine rings is 1. The first-order valence-corrected chi connectivity index (χ1v) is 7.76. The molecular weight excluding hydrogens is 290 g/mol. The van der Waals surface area contributed by atoms with Gasteiger partial charge in [-0.1, -0.05) is 18.2 Å². The normalized spacial score (nSPS) is 15.5. The van der Waals surface area contributed by atoms with Crippen molar-refractivity contribution in [3.05, 3.63) is 47.8 Å². The van der Waals surface area contributed by atoms with Crippen molar-refractivity contribution in [1.29, 1.82) is 0 Å². The molecule has 0 saturated carbocycles. The molecule has 3 rings (SSSR count). The molecule has 1 aliphatic heterocycles. The maximum Gasteiger partial charge on any atom is 0.257 e. The number of para-hydroxylation sites is 1. The molecular formula is C17H21N5O. The standard InChI is InChI=1S/C17H21N5O/c1-13-5-3-4-6-15(13)20-17-18-11-14(12-19-17)16(23)22-9-7-21(2)8-10-22/h3-6,11-12H,7-10H2,1-2H3,(H,18,19,20). The van der Waals surface area contributed by atoms with E-state index in [2.05, 4.69) is 27.2 Å². The van der Waals surface area contributed by atoms with Crippen molar-refractivity contribution in [1.82, 2.24) is 19.8 Å². The van der Waals surface area contributed by atoms with E-state index in [1.54, 1.807) is 12.4 Å². The van der Waals surface area contributed by atoms with E-state index in [-0.39, 0.29) is 5.91 Å². The predicted molar refractivity (Wildman–Crippen MR) is 89.9 cm³/mol. The largest absolute Gasteiger partial charge is 0.336 e. The van der Waals surface area contributed by atoms with E-state index in [1.165, 1.54) is 0 Å². The van der Waals surface area contributed by atoms with Crippen LogP contribution in [0.2, 0.25) is 0 Å². The van der Waals surface area contributed by atoms with Crippen molar-refractivity contribution >= 4 is 17.5 Å². The number of hydrogen-bond donors (Lipinski definition) is 1. The SMILES string of the molecule is Cc1ccccc1Nc1ncc(C(=O)N2CCN(C)CC2)cn1. The first-order chi connectivity index (χ1) is 11.1. The van der Waals surface area contributed by atoms with Gasteiger partial charge in [0.2, 0.25) is 5.95 Å². The van der Waals surface area contributed by atoms with Crippen molar-refractivity contribution in [3.63, 3.8) is 0 Å². The third kappa shape index (κ3) is 3.65. The molecule has 1 fully saturated rings. The molecule has 0 aliphatic carbocycles. The third-order valence-electron chi connectivity index (χ3n) is 4.08. The fourth-order valence-electron chi connectivity index (χ4n) is 2.53. The number of carbonyl (C=O) groups excluding carboxylic acids is 1. The highest BCUT2D eigenvalue weighted by atomic mass is 16.2. The molecule has 0 spiro atoms. The Labute approximate surface area is 136 Å². The van der Waals surface area contributed by atoms with Gasteiger partial charge < -0.3 is 15.1 Å². The second-order valence-corrected chi connectivity index (χ2v) is 5.83. The minimum atomic E-state index is 0.000502. The Kier molecular flexibility index (Phi) is 4.52. The van der Waals surface area contributed by atoms with Gasteiger partial charge in [-0.2, -0.15) is 0 Å². The molecule has 1 aromatic heterocycles. The van der Waals surface area contributed by atoms with Crippen LogP contribution in [-0.4, -0.2) is 58.9 Å². The van der Waals surface area contributed by atoms with Crippen LogP contribution in [-0.2, 0) is 0 Å². The number of nitrogens with one attached hydrogen (secondary N) is 1. The van der Waals surface area contributed by atoms with Crippen LogP contribution in [0.3, 0.4) is 0 Å².